The van der Waals surface area contributed by atoms with Gasteiger partial charge in [0.2, 0.25) is 11.8 Å². The predicted octanol–water partition coefficient (Wildman–Crippen LogP) is 1.39. The van der Waals surface area contributed by atoms with Crippen LogP contribution in [0.15, 0.2) is 22.9 Å². The van der Waals surface area contributed by atoms with E-state index in [1.165, 1.54) is 0 Å². The summed E-state index contributed by atoms with van der Waals surface area (Å²) < 4.78 is 7.34. The van der Waals surface area contributed by atoms with Crippen molar-refractivity contribution in [3.05, 3.63) is 35.8 Å². The lowest BCUT2D eigenvalue weighted by atomic mass is 10.2. The van der Waals surface area contributed by atoms with Gasteiger partial charge in [0.25, 0.3) is 0 Å². The average molecular weight is 317 g/mol. The molecule has 23 heavy (non-hydrogen) atoms. The third-order valence-electron chi connectivity index (χ3n) is 4.39. The van der Waals surface area contributed by atoms with Gasteiger partial charge in [0.1, 0.15) is 11.8 Å². The zero-order valence-electron chi connectivity index (χ0n) is 13.9. The van der Waals surface area contributed by atoms with Crippen molar-refractivity contribution in [2.75, 3.05) is 26.2 Å². The highest BCUT2D eigenvalue weighted by Gasteiger charge is 2.26. The minimum atomic E-state index is -0.256. The Morgan fingerprint density at radius 1 is 1.30 bits per heavy atom. The van der Waals surface area contributed by atoms with Crippen LogP contribution in [0.3, 0.4) is 0 Å². The number of piperazine rings is 1. The molecule has 1 aliphatic heterocycles. The number of rotatable bonds is 4. The Balaban J connectivity index is 1.53. The summed E-state index contributed by atoms with van der Waals surface area (Å²) in [5, 5.41) is 4.15. The molecule has 0 saturated carbocycles. The number of amides is 1. The molecule has 1 unspecified atom stereocenters. The maximum atomic E-state index is 12.5. The molecule has 0 radical (unpaired) electrons. The molecule has 0 N–H and O–H groups in total. The molecule has 1 fully saturated rings. The van der Waals surface area contributed by atoms with Crippen molar-refractivity contribution in [2.24, 2.45) is 0 Å². The first-order chi connectivity index (χ1) is 11.0. The fourth-order valence-electron chi connectivity index (χ4n) is 2.81. The van der Waals surface area contributed by atoms with E-state index < -0.39 is 0 Å². The molecule has 124 valence electrons. The van der Waals surface area contributed by atoms with Gasteiger partial charge in [0, 0.05) is 38.6 Å². The van der Waals surface area contributed by atoms with Crippen LogP contribution in [-0.2, 0) is 11.3 Å². The van der Waals surface area contributed by atoms with E-state index in [9.17, 15) is 4.79 Å². The number of carbonyl (C=O) groups is 1. The lowest BCUT2D eigenvalue weighted by molar-refractivity contribution is -0.136. The van der Waals surface area contributed by atoms with E-state index in [2.05, 4.69) is 15.0 Å². The van der Waals surface area contributed by atoms with Gasteiger partial charge in [-0.2, -0.15) is 5.10 Å². The van der Waals surface area contributed by atoms with Gasteiger partial charge in [0.05, 0.1) is 12.2 Å². The minimum Gasteiger partial charge on any atom is -0.444 e. The van der Waals surface area contributed by atoms with E-state index in [-0.39, 0.29) is 11.9 Å². The van der Waals surface area contributed by atoms with Crippen LogP contribution in [0.2, 0.25) is 0 Å². The van der Waals surface area contributed by atoms with Crippen molar-refractivity contribution in [1.29, 1.82) is 0 Å². The number of oxazole rings is 1. The Kier molecular flexibility index (Phi) is 4.47. The highest BCUT2D eigenvalue weighted by Crippen LogP contribution is 2.14. The molecular weight excluding hydrogens is 294 g/mol. The number of hydrogen-bond donors (Lipinski definition) is 0. The quantitative estimate of drug-likeness (QED) is 0.852. The summed E-state index contributed by atoms with van der Waals surface area (Å²) in [6, 6.07) is 1.58. The van der Waals surface area contributed by atoms with E-state index in [4.69, 9.17) is 4.42 Å². The molecule has 1 amide bonds. The molecule has 0 aliphatic carbocycles. The minimum absolute atomic E-state index is 0.121. The Morgan fingerprint density at radius 2 is 2.04 bits per heavy atom. The van der Waals surface area contributed by atoms with Gasteiger partial charge in [-0.3, -0.25) is 14.4 Å². The van der Waals surface area contributed by atoms with Crippen molar-refractivity contribution in [2.45, 2.75) is 33.4 Å². The molecule has 7 nitrogen and oxygen atoms in total. The van der Waals surface area contributed by atoms with E-state index in [1.54, 1.807) is 10.9 Å². The summed E-state index contributed by atoms with van der Waals surface area (Å²) in [5.41, 5.74) is 0.946. The van der Waals surface area contributed by atoms with Gasteiger partial charge in [-0.25, -0.2) is 4.98 Å². The zero-order chi connectivity index (χ0) is 16.4. The van der Waals surface area contributed by atoms with Crippen LogP contribution in [0.5, 0.6) is 0 Å². The van der Waals surface area contributed by atoms with Crippen molar-refractivity contribution in [1.82, 2.24) is 24.6 Å². The first-order valence-corrected chi connectivity index (χ1v) is 7.98. The second-order valence-corrected chi connectivity index (χ2v) is 6.01. The summed E-state index contributed by atoms with van der Waals surface area (Å²) in [5.74, 6) is 1.75. The third kappa shape index (κ3) is 3.44. The molecule has 3 heterocycles. The highest BCUT2D eigenvalue weighted by molar-refractivity contribution is 5.80. The first-order valence-electron chi connectivity index (χ1n) is 7.98. The maximum absolute atomic E-state index is 12.5. The number of nitrogens with zero attached hydrogens (tertiary/aromatic N) is 5. The molecule has 7 heteroatoms. The molecule has 1 saturated heterocycles. The van der Waals surface area contributed by atoms with Crippen molar-refractivity contribution in [3.8, 4) is 0 Å². The van der Waals surface area contributed by atoms with Crippen molar-refractivity contribution < 1.29 is 9.21 Å². The van der Waals surface area contributed by atoms with Crippen LogP contribution in [0.25, 0.3) is 0 Å². The lowest BCUT2D eigenvalue weighted by Crippen LogP contribution is -2.50. The van der Waals surface area contributed by atoms with Crippen molar-refractivity contribution in [3.63, 3.8) is 0 Å². The SMILES string of the molecule is Cc1nc(CN2CCN(C(=O)C(C)n3cccn3)CC2)oc1C. The van der Waals surface area contributed by atoms with Crippen molar-refractivity contribution >= 4 is 5.91 Å². The highest BCUT2D eigenvalue weighted by atomic mass is 16.4. The van der Waals surface area contributed by atoms with Gasteiger partial charge in [-0.15, -0.1) is 0 Å². The maximum Gasteiger partial charge on any atom is 0.247 e. The van der Waals surface area contributed by atoms with Gasteiger partial charge >= 0.3 is 0 Å². The molecule has 0 bridgehead atoms. The lowest BCUT2D eigenvalue weighted by Gasteiger charge is -2.35. The smallest absolute Gasteiger partial charge is 0.247 e. The third-order valence-corrected chi connectivity index (χ3v) is 4.39. The van der Waals surface area contributed by atoms with Crippen LogP contribution < -0.4 is 0 Å². The summed E-state index contributed by atoms with van der Waals surface area (Å²) >= 11 is 0. The van der Waals surface area contributed by atoms with Crippen LogP contribution in [0.4, 0.5) is 0 Å². The number of hydrogen-bond acceptors (Lipinski definition) is 5. The molecule has 2 aromatic heterocycles. The first kappa shape index (κ1) is 15.7. The molecule has 0 spiro atoms. The van der Waals surface area contributed by atoms with Gasteiger partial charge in [-0.1, -0.05) is 0 Å². The van der Waals surface area contributed by atoms with Gasteiger partial charge < -0.3 is 9.32 Å². The van der Waals surface area contributed by atoms with E-state index in [1.807, 2.05) is 37.9 Å². The summed E-state index contributed by atoms with van der Waals surface area (Å²) in [7, 11) is 0. The number of carbonyl (C=O) groups excluding carboxylic acids is 1. The van der Waals surface area contributed by atoms with E-state index in [0.29, 0.717) is 6.54 Å². The Labute approximate surface area is 135 Å². The molecule has 2 aromatic rings. The van der Waals surface area contributed by atoms with Crippen LogP contribution in [0, 0.1) is 13.8 Å². The average Bonchev–Trinajstić information content (AvgIpc) is 3.17. The fraction of sp³-hybridized carbons (Fsp3) is 0.562. The predicted molar refractivity (Wildman–Crippen MR) is 84.8 cm³/mol. The Hall–Kier alpha value is -2.15. The zero-order valence-corrected chi connectivity index (χ0v) is 13.9. The monoisotopic (exact) mass is 317 g/mol. The van der Waals surface area contributed by atoms with Gasteiger partial charge in [0.15, 0.2) is 0 Å². The standard InChI is InChI=1S/C16H23N5O2/c1-12-14(3)23-15(18-12)11-19-7-9-20(10-8-19)16(22)13(2)21-6-4-5-17-21/h4-6,13H,7-11H2,1-3H3. The molecule has 0 aromatic carbocycles. The van der Waals surface area contributed by atoms with E-state index >= 15 is 0 Å². The van der Waals surface area contributed by atoms with Gasteiger partial charge in [-0.05, 0) is 26.8 Å². The fourth-order valence-corrected chi connectivity index (χ4v) is 2.81. The second-order valence-electron chi connectivity index (χ2n) is 6.01. The Bertz CT molecular complexity index is 637. The molecule has 1 atom stereocenters. The normalized spacial score (nSPS) is 17.4. The molecule has 3 rings (SSSR count). The Morgan fingerprint density at radius 3 is 2.61 bits per heavy atom. The van der Waals surface area contributed by atoms with Crippen LogP contribution >= 0.6 is 0 Å². The summed E-state index contributed by atoms with van der Waals surface area (Å²) in [4.78, 5) is 21.1. The molecule has 1 aliphatic rings. The summed E-state index contributed by atoms with van der Waals surface area (Å²) in [6.07, 6.45) is 3.52. The largest absolute Gasteiger partial charge is 0.444 e. The number of aromatic nitrogens is 3. The summed E-state index contributed by atoms with van der Waals surface area (Å²) in [6.45, 7) is 9.59. The second kappa shape index (κ2) is 6.54. The van der Waals surface area contributed by atoms with Crippen LogP contribution in [-0.4, -0.2) is 56.7 Å². The number of aryl methyl sites for hydroxylation is 2. The van der Waals surface area contributed by atoms with E-state index in [0.717, 1.165) is 43.5 Å². The topological polar surface area (TPSA) is 67.4 Å². The molecular formula is C16H23N5O2. The van der Waals surface area contributed by atoms with Crippen LogP contribution in [0.1, 0.15) is 30.3 Å².